The molecule has 164 valence electrons. The lowest BCUT2D eigenvalue weighted by molar-refractivity contribution is -0.128. The summed E-state index contributed by atoms with van der Waals surface area (Å²) in [7, 11) is 0. The first kappa shape index (κ1) is 22.0. The van der Waals surface area contributed by atoms with Gasteiger partial charge in [-0.15, -0.1) is 0 Å². The summed E-state index contributed by atoms with van der Waals surface area (Å²) in [6, 6.07) is 2.65. The topological polar surface area (TPSA) is 91.9 Å². The maximum absolute atomic E-state index is 14.4. The van der Waals surface area contributed by atoms with Crippen molar-refractivity contribution < 1.29 is 31.8 Å². The van der Waals surface area contributed by atoms with Crippen LogP contribution < -0.4 is 10.5 Å². The van der Waals surface area contributed by atoms with Gasteiger partial charge >= 0.3 is 6.18 Å². The molecule has 11 heteroatoms. The fraction of sp³-hybridized carbons (Fsp3) is 0.474. The number of nitrogens with two attached hydrogens (primary N) is 1. The Labute approximate surface area is 170 Å². The van der Waals surface area contributed by atoms with E-state index in [1.807, 2.05) is 0 Å². The van der Waals surface area contributed by atoms with Gasteiger partial charge in [0.25, 0.3) is 5.91 Å². The number of nitrogens with zero attached hydrogens (tertiary/aromatic N) is 2. The molecule has 3 N–H and O–H groups in total. The van der Waals surface area contributed by atoms with E-state index in [1.165, 1.54) is 17.0 Å². The monoisotopic (exact) mass is 430 g/mol. The number of carbonyl (C=O) groups excluding carboxylic acids is 1. The summed E-state index contributed by atoms with van der Waals surface area (Å²) in [5.41, 5.74) is 3.66. The minimum atomic E-state index is -5.01. The van der Waals surface area contributed by atoms with Gasteiger partial charge in [0.1, 0.15) is 12.2 Å². The fourth-order valence-corrected chi connectivity index (χ4v) is 3.52. The van der Waals surface area contributed by atoms with Gasteiger partial charge in [0.15, 0.2) is 11.6 Å². The van der Waals surface area contributed by atoms with Gasteiger partial charge in [0, 0.05) is 38.9 Å². The molecule has 0 unspecified atom stereocenters. The molecule has 7 nitrogen and oxygen atoms in total. The van der Waals surface area contributed by atoms with Crippen LogP contribution in [0.3, 0.4) is 0 Å². The van der Waals surface area contributed by atoms with E-state index in [1.54, 1.807) is 0 Å². The maximum Gasteiger partial charge on any atom is 0.423 e. The Morgan fingerprint density at radius 1 is 1.23 bits per heavy atom. The summed E-state index contributed by atoms with van der Waals surface area (Å²) < 4.78 is 64.9. The Kier molecular flexibility index (Phi) is 6.61. The number of morpholine rings is 1. The third kappa shape index (κ3) is 4.90. The number of ether oxygens (including phenoxy) is 2. The van der Waals surface area contributed by atoms with Crippen molar-refractivity contribution in [2.45, 2.75) is 19.3 Å². The number of hydrogen-bond acceptors (Lipinski definition) is 6. The van der Waals surface area contributed by atoms with E-state index in [4.69, 9.17) is 20.6 Å². The molecular formula is C19H22F4N4O3. The maximum atomic E-state index is 14.4. The van der Waals surface area contributed by atoms with Gasteiger partial charge in [-0.2, -0.15) is 13.2 Å². The van der Waals surface area contributed by atoms with Crippen molar-refractivity contribution in [3.05, 3.63) is 40.3 Å². The second-order valence-corrected chi connectivity index (χ2v) is 6.98. The SMILES string of the molecule is N=C/C(=C(\C(N)=O)C(F)(F)F)N1Cc2cc(F)c(OCCN3CCOCC3)cc2C1. The van der Waals surface area contributed by atoms with E-state index in [0.717, 1.165) is 13.1 Å². The molecule has 0 atom stereocenters. The predicted octanol–water partition coefficient (Wildman–Crippen LogP) is 1.80. The number of hydrogen-bond donors (Lipinski definition) is 2. The molecule has 1 aromatic rings. The number of allylic oxidation sites excluding steroid dienone is 1. The van der Waals surface area contributed by atoms with Gasteiger partial charge < -0.3 is 25.5 Å². The Morgan fingerprint density at radius 2 is 1.87 bits per heavy atom. The minimum absolute atomic E-state index is 0.00943. The van der Waals surface area contributed by atoms with Crippen molar-refractivity contribution in [3.63, 3.8) is 0 Å². The van der Waals surface area contributed by atoms with Gasteiger partial charge in [-0.05, 0) is 23.3 Å². The number of rotatable bonds is 7. The summed E-state index contributed by atoms with van der Waals surface area (Å²) in [6.07, 6.45) is -4.57. The molecule has 1 fully saturated rings. The third-order valence-electron chi connectivity index (χ3n) is 5.01. The number of carbonyl (C=O) groups is 1. The standard InChI is InChI=1S/C19H22F4N4O3/c20-14-7-12-10-27(15(9-24)17(18(25)28)19(21,22)23)11-13(12)8-16(14)30-6-3-26-1-4-29-5-2-26/h7-9,24H,1-6,10-11H2,(H2,25,28)/b17-15-,24-9?. The lowest BCUT2D eigenvalue weighted by Crippen LogP contribution is -2.38. The molecule has 0 aromatic heterocycles. The summed E-state index contributed by atoms with van der Waals surface area (Å²) in [5, 5.41) is 7.36. The van der Waals surface area contributed by atoms with Crippen LogP contribution in [0, 0.1) is 11.2 Å². The van der Waals surface area contributed by atoms with Crippen LogP contribution in [-0.4, -0.2) is 67.6 Å². The summed E-state index contributed by atoms with van der Waals surface area (Å²) in [6.45, 7) is 3.54. The van der Waals surface area contributed by atoms with E-state index in [2.05, 4.69) is 4.90 Å². The molecule has 1 amide bonds. The number of nitrogens with one attached hydrogen (secondary N) is 1. The fourth-order valence-electron chi connectivity index (χ4n) is 3.52. The zero-order valence-corrected chi connectivity index (χ0v) is 16.1. The average molecular weight is 430 g/mol. The van der Waals surface area contributed by atoms with Crippen LogP contribution in [0.5, 0.6) is 5.75 Å². The molecule has 0 saturated carbocycles. The van der Waals surface area contributed by atoms with Gasteiger partial charge in [0.05, 0.1) is 18.9 Å². The normalized spacial score (nSPS) is 18.1. The van der Waals surface area contributed by atoms with Crippen LogP contribution in [-0.2, 0) is 22.6 Å². The largest absolute Gasteiger partial charge is 0.489 e. The van der Waals surface area contributed by atoms with Crippen LogP contribution in [0.1, 0.15) is 11.1 Å². The lowest BCUT2D eigenvalue weighted by atomic mass is 10.1. The van der Waals surface area contributed by atoms with Crippen molar-refractivity contribution in [3.8, 4) is 5.75 Å². The molecule has 1 saturated heterocycles. The highest BCUT2D eigenvalue weighted by Gasteiger charge is 2.42. The number of amides is 1. The molecule has 0 aliphatic carbocycles. The highest BCUT2D eigenvalue weighted by Crippen LogP contribution is 2.35. The van der Waals surface area contributed by atoms with E-state index >= 15 is 0 Å². The second kappa shape index (κ2) is 9.00. The number of benzene rings is 1. The lowest BCUT2D eigenvalue weighted by Gasteiger charge is -2.26. The van der Waals surface area contributed by atoms with Crippen molar-refractivity contribution in [2.24, 2.45) is 5.73 Å². The van der Waals surface area contributed by atoms with Gasteiger partial charge in [-0.25, -0.2) is 4.39 Å². The number of fused-ring (bicyclic) bond motifs is 1. The van der Waals surface area contributed by atoms with E-state index in [9.17, 15) is 22.4 Å². The molecule has 0 spiro atoms. The second-order valence-electron chi connectivity index (χ2n) is 6.98. The Balaban J connectivity index is 1.74. The van der Waals surface area contributed by atoms with Crippen LogP contribution in [0.2, 0.25) is 0 Å². The molecule has 3 rings (SSSR count). The molecule has 2 heterocycles. The van der Waals surface area contributed by atoms with Crippen molar-refractivity contribution in [1.82, 2.24) is 9.80 Å². The highest BCUT2D eigenvalue weighted by molar-refractivity contribution is 5.99. The first-order chi connectivity index (χ1) is 14.2. The zero-order valence-electron chi connectivity index (χ0n) is 16.1. The minimum Gasteiger partial charge on any atom is -0.489 e. The molecule has 0 bridgehead atoms. The molecule has 30 heavy (non-hydrogen) atoms. The van der Waals surface area contributed by atoms with Gasteiger partial charge in [-0.1, -0.05) is 0 Å². The van der Waals surface area contributed by atoms with Gasteiger partial charge in [-0.3, -0.25) is 9.69 Å². The van der Waals surface area contributed by atoms with Crippen LogP contribution in [0.4, 0.5) is 17.6 Å². The quantitative estimate of drug-likeness (QED) is 0.391. The summed E-state index contributed by atoms with van der Waals surface area (Å²) in [5.74, 6) is -2.28. The smallest absolute Gasteiger partial charge is 0.423 e. The Bertz CT molecular complexity index is 851. The highest BCUT2D eigenvalue weighted by atomic mass is 19.4. The van der Waals surface area contributed by atoms with Crippen molar-refractivity contribution in [2.75, 3.05) is 39.5 Å². The molecular weight excluding hydrogens is 408 g/mol. The Morgan fingerprint density at radius 3 is 2.43 bits per heavy atom. The third-order valence-corrected chi connectivity index (χ3v) is 5.01. The summed E-state index contributed by atoms with van der Waals surface area (Å²) in [4.78, 5) is 14.6. The average Bonchev–Trinajstić information content (AvgIpc) is 3.07. The first-order valence-electron chi connectivity index (χ1n) is 9.31. The molecule has 0 radical (unpaired) electrons. The van der Waals surface area contributed by atoms with Crippen molar-refractivity contribution in [1.29, 1.82) is 5.41 Å². The zero-order chi connectivity index (χ0) is 21.9. The van der Waals surface area contributed by atoms with E-state index in [0.29, 0.717) is 37.1 Å². The summed E-state index contributed by atoms with van der Waals surface area (Å²) >= 11 is 0. The van der Waals surface area contributed by atoms with Gasteiger partial charge in [0.2, 0.25) is 0 Å². The predicted molar refractivity (Wildman–Crippen MR) is 99.5 cm³/mol. The van der Waals surface area contributed by atoms with E-state index < -0.39 is 29.2 Å². The number of alkyl halides is 3. The molecule has 1 aromatic carbocycles. The van der Waals surface area contributed by atoms with Crippen LogP contribution in [0.25, 0.3) is 0 Å². The van der Waals surface area contributed by atoms with Crippen LogP contribution in [0.15, 0.2) is 23.4 Å². The molecule has 2 aliphatic rings. The number of halogens is 4. The van der Waals surface area contributed by atoms with Crippen LogP contribution >= 0.6 is 0 Å². The Hall–Kier alpha value is -2.66. The first-order valence-corrected chi connectivity index (χ1v) is 9.31. The molecule has 2 aliphatic heterocycles. The van der Waals surface area contributed by atoms with Crippen molar-refractivity contribution >= 4 is 12.1 Å². The van der Waals surface area contributed by atoms with E-state index in [-0.39, 0.29) is 25.4 Å². The number of primary amides is 1.